The first kappa shape index (κ1) is 12.3. The second-order valence-electron chi connectivity index (χ2n) is 4.48. The second-order valence-corrected chi connectivity index (χ2v) is 4.48. The van der Waals surface area contributed by atoms with Gasteiger partial charge in [-0.2, -0.15) is 0 Å². The highest BCUT2D eigenvalue weighted by atomic mass is 16.4. The lowest BCUT2D eigenvalue weighted by Gasteiger charge is -2.24. The third-order valence-corrected chi connectivity index (χ3v) is 1.86. The van der Waals surface area contributed by atoms with Crippen LogP contribution in [0.15, 0.2) is 24.3 Å². The Morgan fingerprint density at radius 3 is 2.25 bits per heavy atom. The monoisotopic (exact) mass is 224 g/mol. The van der Waals surface area contributed by atoms with Crippen LogP contribution in [0.2, 0.25) is 0 Å². The highest BCUT2D eigenvalue weighted by Crippen LogP contribution is 2.11. The zero-order valence-corrected chi connectivity index (χ0v) is 9.82. The van der Waals surface area contributed by atoms with Crippen molar-refractivity contribution >= 4 is 11.8 Å². The van der Waals surface area contributed by atoms with E-state index in [1.54, 1.807) is 0 Å². The number of quaternary nitrogens is 1. The first-order chi connectivity index (χ1) is 7.37. The summed E-state index contributed by atoms with van der Waals surface area (Å²) in [6.07, 6.45) is -1.01. The molecule has 0 saturated carbocycles. The molecular weight excluding hydrogens is 206 g/mol. The van der Waals surface area contributed by atoms with Crippen molar-refractivity contribution in [2.24, 2.45) is 0 Å². The van der Waals surface area contributed by atoms with Gasteiger partial charge in [0, 0.05) is 6.54 Å². The average Bonchev–Trinajstić information content (AvgIpc) is 2.14. The molecule has 1 aromatic rings. The topological polar surface area (TPSA) is 61.4 Å². The fourth-order valence-corrected chi connectivity index (χ4v) is 1.26. The molecule has 5 heteroatoms. The molecule has 0 unspecified atom stereocenters. The fourth-order valence-electron chi connectivity index (χ4n) is 1.26. The summed E-state index contributed by atoms with van der Waals surface area (Å²) in [7, 11) is 6.08. The third-order valence-electron chi connectivity index (χ3n) is 1.86. The van der Waals surface area contributed by atoms with Gasteiger partial charge in [-0.25, -0.2) is 14.8 Å². The summed E-state index contributed by atoms with van der Waals surface area (Å²) in [4.78, 5) is 10.3. The predicted molar refractivity (Wildman–Crippen MR) is 63.0 cm³/mol. The van der Waals surface area contributed by atoms with E-state index < -0.39 is 6.09 Å². The summed E-state index contributed by atoms with van der Waals surface area (Å²) in [6.45, 7) is 0.333. The third kappa shape index (κ3) is 4.65. The number of nitrogens with zero attached hydrogens (tertiary/aromatic N) is 1. The zero-order valence-electron chi connectivity index (χ0n) is 9.82. The van der Waals surface area contributed by atoms with E-state index in [1.165, 1.54) is 0 Å². The molecule has 0 aromatic heterocycles. The van der Waals surface area contributed by atoms with Gasteiger partial charge in [0.2, 0.25) is 0 Å². The summed E-state index contributed by atoms with van der Waals surface area (Å²) in [5.74, 6) is 0. The molecule has 16 heavy (non-hydrogen) atoms. The van der Waals surface area contributed by atoms with Crippen LogP contribution >= 0.6 is 0 Å². The van der Waals surface area contributed by atoms with E-state index in [0.717, 1.165) is 11.3 Å². The van der Waals surface area contributed by atoms with Crippen molar-refractivity contribution < 1.29 is 14.5 Å². The molecule has 0 spiro atoms. The number of carbonyl (C=O) groups is 1. The van der Waals surface area contributed by atoms with Crippen LogP contribution in [-0.2, 0) is 6.54 Å². The van der Waals surface area contributed by atoms with E-state index in [9.17, 15) is 4.79 Å². The Hall–Kier alpha value is -1.75. The minimum Gasteiger partial charge on any atom is -0.465 e. The second kappa shape index (κ2) is 4.85. The molecule has 0 aliphatic rings. The zero-order chi connectivity index (χ0) is 12.2. The van der Waals surface area contributed by atoms with Crippen LogP contribution in [0.1, 0.15) is 5.56 Å². The van der Waals surface area contributed by atoms with Gasteiger partial charge in [-0.1, -0.05) is 12.1 Å². The van der Waals surface area contributed by atoms with Crippen molar-refractivity contribution in [2.45, 2.75) is 6.54 Å². The van der Waals surface area contributed by atoms with Gasteiger partial charge in [0.15, 0.2) is 0 Å². The number of hydrogen-bond acceptors (Lipinski definition) is 2. The Bertz CT molecular complexity index is 354. The molecule has 1 rings (SSSR count). The molecule has 0 aliphatic heterocycles. The van der Waals surface area contributed by atoms with Gasteiger partial charge < -0.3 is 10.4 Å². The Kier molecular flexibility index (Phi) is 3.73. The molecule has 0 saturated heterocycles. The molecule has 1 amide bonds. The van der Waals surface area contributed by atoms with Crippen LogP contribution in [0.25, 0.3) is 0 Å². The van der Waals surface area contributed by atoms with E-state index in [2.05, 4.69) is 10.7 Å². The molecule has 5 nitrogen and oxygen atoms in total. The first-order valence-corrected chi connectivity index (χ1v) is 5.02. The number of carboxylic acid groups (broad SMARTS) is 1. The fraction of sp³-hybridized carbons (Fsp3) is 0.364. The number of hydrogen-bond donors (Lipinski definition) is 3. The van der Waals surface area contributed by atoms with E-state index in [1.807, 2.05) is 45.4 Å². The summed E-state index contributed by atoms with van der Waals surface area (Å²) in [5, 5.41) is 10.8. The predicted octanol–water partition coefficient (Wildman–Crippen LogP) is 1.49. The summed E-state index contributed by atoms with van der Waals surface area (Å²) >= 11 is 0. The molecule has 0 aliphatic carbocycles. The largest absolute Gasteiger partial charge is 0.465 e. The van der Waals surface area contributed by atoms with Gasteiger partial charge in [0.25, 0.3) is 0 Å². The number of benzene rings is 1. The molecule has 1 aromatic carbocycles. The summed E-state index contributed by atoms with van der Waals surface area (Å²) in [5.41, 5.74) is 5.22. The lowest BCUT2D eigenvalue weighted by Crippen LogP contribution is -2.40. The summed E-state index contributed by atoms with van der Waals surface area (Å²) in [6, 6.07) is 7.66. The maximum Gasteiger partial charge on any atom is 0.404 e. The molecule has 3 N–H and O–H groups in total. The molecule has 0 atom stereocenters. The first-order valence-electron chi connectivity index (χ1n) is 5.02. The number of amides is 1. The van der Waals surface area contributed by atoms with E-state index in [0.29, 0.717) is 11.1 Å². The Morgan fingerprint density at radius 2 is 1.81 bits per heavy atom. The van der Waals surface area contributed by atoms with Crippen LogP contribution in [0.4, 0.5) is 10.5 Å². The van der Waals surface area contributed by atoms with Crippen LogP contribution in [0.5, 0.6) is 0 Å². The highest BCUT2D eigenvalue weighted by Gasteiger charge is 2.06. The smallest absolute Gasteiger partial charge is 0.404 e. The van der Waals surface area contributed by atoms with Gasteiger partial charge in [-0.3, -0.25) is 0 Å². The Balaban J connectivity index is 2.57. The number of nitrogens with one attached hydrogen (secondary N) is 2. The van der Waals surface area contributed by atoms with Crippen molar-refractivity contribution in [2.75, 3.05) is 26.6 Å². The Labute approximate surface area is 95.3 Å². The lowest BCUT2D eigenvalue weighted by atomic mass is 10.2. The SMILES string of the molecule is C[N+](C)(C)Nc1ccc(CNC(=O)O)cc1. The van der Waals surface area contributed by atoms with Crippen molar-refractivity contribution in [3.8, 4) is 0 Å². The quantitative estimate of drug-likeness (QED) is 0.536. The van der Waals surface area contributed by atoms with Gasteiger partial charge in [0.1, 0.15) is 0 Å². The highest BCUT2D eigenvalue weighted by molar-refractivity contribution is 5.64. The van der Waals surface area contributed by atoms with Gasteiger partial charge in [-0.15, -0.1) is 0 Å². The van der Waals surface area contributed by atoms with E-state index in [-0.39, 0.29) is 0 Å². The van der Waals surface area contributed by atoms with E-state index in [4.69, 9.17) is 5.11 Å². The lowest BCUT2D eigenvalue weighted by molar-refractivity contribution is -0.847. The van der Waals surface area contributed by atoms with Gasteiger partial charge in [-0.05, 0) is 17.7 Å². The van der Waals surface area contributed by atoms with Gasteiger partial charge >= 0.3 is 6.09 Å². The molecule has 88 valence electrons. The Morgan fingerprint density at radius 1 is 1.25 bits per heavy atom. The van der Waals surface area contributed by atoms with Gasteiger partial charge in [0.05, 0.1) is 26.8 Å². The normalized spacial score (nSPS) is 10.9. The van der Waals surface area contributed by atoms with Crippen molar-refractivity contribution in [1.82, 2.24) is 5.32 Å². The van der Waals surface area contributed by atoms with Crippen LogP contribution in [0.3, 0.4) is 0 Å². The molecule has 0 fully saturated rings. The standard InChI is InChI=1S/C11H17N3O2/c1-14(2,3)13-10-6-4-9(5-7-10)8-12-11(15)16/h4-7,12-13H,8H2,1-3H3/p+1. The van der Waals surface area contributed by atoms with Crippen LogP contribution in [-0.4, -0.2) is 36.9 Å². The molecule has 0 heterocycles. The average molecular weight is 224 g/mol. The maximum absolute atomic E-state index is 10.3. The van der Waals surface area contributed by atoms with Crippen molar-refractivity contribution in [1.29, 1.82) is 0 Å². The van der Waals surface area contributed by atoms with Crippen LogP contribution in [0, 0.1) is 0 Å². The summed E-state index contributed by atoms with van der Waals surface area (Å²) < 4.78 is 0.632. The van der Waals surface area contributed by atoms with Crippen molar-refractivity contribution in [3.05, 3.63) is 29.8 Å². The maximum atomic E-state index is 10.3. The minimum atomic E-state index is -1.01. The number of rotatable bonds is 4. The number of anilines is 1. The molecule has 0 bridgehead atoms. The minimum absolute atomic E-state index is 0.333. The molecule has 0 radical (unpaired) electrons. The van der Waals surface area contributed by atoms with Crippen molar-refractivity contribution in [3.63, 3.8) is 0 Å². The molecular formula is C11H18N3O2+. The van der Waals surface area contributed by atoms with Crippen LogP contribution < -0.4 is 10.7 Å². The van der Waals surface area contributed by atoms with E-state index >= 15 is 0 Å².